The molecule has 0 unspecified atom stereocenters. The molecule has 0 radical (unpaired) electrons. The Morgan fingerprint density at radius 1 is 0.483 bits per heavy atom. The largest absolute Gasteiger partial charge is 2.00 e. The van der Waals surface area contributed by atoms with Crippen LogP contribution in [0.2, 0.25) is 0 Å². The van der Waals surface area contributed by atoms with E-state index >= 15 is 0 Å². The first kappa shape index (κ1) is 60.2. The van der Waals surface area contributed by atoms with E-state index in [2.05, 4.69) is 90.1 Å². The quantitative estimate of drug-likeness (QED) is 0.120. The third-order valence-electron chi connectivity index (χ3n) is 8.66. The van der Waals surface area contributed by atoms with Crippen molar-refractivity contribution in [3.8, 4) is 11.5 Å². The van der Waals surface area contributed by atoms with Crippen molar-refractivity contribution in [2.45, 2.75) is 90.1 Å². The molecule has 1 N–H and O–H groups in total. The molecule has 0 atom stereocenters. The molecule has 0 bridgehead atoms. The van der Waals surface area contributed by atoms with Crippen LogP contribution in [0.4, 0.5) is 0 Å². The number of aromatic nitrogens is 2. The van der Waals surface area contributed by atoms with Gasteiger partial charge in [0.1, 0.15) is 0 Å². The zero-order valence-corrected chi connectivity index (χ0v) is 44.1. The Morgan fingerprint density at radius 3 is 1.02 bits per heavy atom. The van der Waals surface area contributed by atoms with Crippen LogP contribution in [0, 0.1) is 27.7 Å². The van der Waals surface area contributed by atoms with Crippen molar-refractivity contribution in [3.05, 3.63) is 178 Å². The fraction of sp³-hybridized carbons (Fsp3) is 0.277. The van der Waals surface area contributed by atoms with Crippen molar-refractivity contribution in [1.29, 1.82) is 0 Å². The molecule has 2 aromatic heterocycles. The van der Waals surface area contributed by atoms with Crippen LogP contribution in [-0.4, -0.2) is 12.2 Å². The third kappa shape index (κ3) is 21.4. The van der Waals surface area contributed by atoms with Gasteiger partial charge in [0.25, 0.3) is 0 Å². The van der Waals surface area contributed by atoms with E-state index in [1.54, 1.807) is 26.0 Å². The van der Waals surface area contributed by atoms with Gasteiger partial charge in [0, 0.05) is 32.1 Å². The second-order valence-corrected chi connectivity index (χ2v) is 14.4. The van der Waals surface area contributed by atoms with Gasteiger partial charge in [-0.05, 0) is 48.9 Å². The summed E-state index contributed by atoms with van der Waals surface area (Å²) in [4.78, 5) is 0.781. The number of rotatable bonds is 6. The van der Waals surface area contributed by atoms with Crippen LogP contribution in [0.5, 0.6) is 11.5 Å². The van der Waals surface area contributed by atoms with E-state index in [1.165, 1.54) is 33.4 Å². The van der Waals surface area contributed by atoms with Crippen molar-refractivity contribution in [2.75, 3.05) is 7.11 Å². The Hall–Kier alpha value is -2.11. The molecule has 0 fully saturated rings. The molecular formula is C47H56I2N2O3Ru2S2. The van der Waals surface area contributed by atoms with Crippen LogP contribution >= 0.6 is 0 Å². The number of aliphatic hydroxyl groups is 1. The second-order valence-electron chi connectivity index (χ2n) is 13.5. The molecule has 58 heavy (non-hydrogen) atoms. The van der Waals surface area contributed by atoms with E-state index in [1.807, 2.05) is 82.2 Å². The summed E-state index contributed by atoms with van der Waals surface area (Å²) in [7, 11) is 1.00. The van der Waals surface area contributed by atoms with Crippen LogP contribution in [0.15, 0.2) is 144 Å². The van der Waals surface area contributed by atoms with Crippen LogP contribution in [0.1, 0.15) is 84.3 Å². The maximum absolute atomic E-state index is 11.7. The predicted octanol–water partition coefficient (Wildman–Crippen LogP) is 2.47. The predicted molar refractivity (Wildman–Crippen MR) is 223 cm³/mol. The summed E-state index contributed by atoms with van der Waals surface area (Å²) in [6.45, 7) is 18.1. The van der Waals surface area contributed by atoms with Gasteiger partial charge >= 0.3 is 39.0 Å². The number of hydrogen-bond acceptors (Lipinski definition) is 5. The molecule has 0 spiro atoms. The van der Waals surface area contributed by atoms with Gasteiger partial charge in [0.2, 0.25) is 0 Å². The molecule has 0 saturated heterocycles. The smallest absolute Gasteiger partial charge is 1.00 e. The summed E-state index contributed by atoms with van der Waals surface area (Å²) in [5.74, 6) is 1.21. The Morgan fingerprint density at radius 2 is 0.759 bits per heavy atom. The molecule has 0 saturated carbocycles. The first-order valence-corrected chi connectivity index (χ1v) is 19.0. The van der Waals surface area contributed by atoms with Gasteiger partial charge in [0.05, 0.1) is 0 Å². The molecule has 5 nitrogen and oxygen atoms in total. The minimum absolute atomic E-state index is 0. The van der Waals surface area contributed by atoms with Gasteiger partial charge in [-0.15, -0.1) is 0 Å². The summed E-state index contributed by atoms with van der Waals surface area (Å²) in [5, 5.41) is 30.3. The molecule has 4 aromatic carbocycles. The van der Waals surface area contributed by atoms with Gasteiger partial charge < -0.3 is 88.5 Å². The van der Waals surface area contributed by atoms with Crippen LogP contribution < -0.4 is 67.3 Å². The maximum Gasteiger partial charge on any atom is 2.00 e. The zero-order valence-electron chi connectivity index (χ0n) is 34.7. The molecule has 0 amide bonds. The number of hydrogen-bond donors (Lipinski definition) is 1. The van der Waals surface area contributed by atoms with Crippen molar-refractivity contribution >= 4 is 25.3 Å². The molecule has 0 aliphatic rings. The summed E-state index contributed by atoms with van der Waals surface area (Å²) < 4.78 is 3.85. The second kappa shape index (κ2) is 32.6. The Bertz CT molecular complexity index is 1830. The monoisotopic (exact) mass is 1220 g/mol. The van der Waals surface area contributed by atoms with Crippen molar-refractivity contribution in [1.82, 2.24) is 0 Å². The van der Waals surface area contributed by atoms with Gasteiger partial charge in [-0.25, -0.2) is 0 Å². The first-order valence-electron chi connectivity index (χ1n) is 18.2. The molecule has 11 heteroatoms. The van der Waals surface area contributed by atoms with Gasteiger partial charge in [0.15, 0.2) is 36.9 Å². The summed E-state index contributed by atoms with van der Waals surface area (Å²) in [6.07, 6.45) is 3.73. The Kier molecular flexibility index (Phi) is 33.9. The molecule has 6 rings (SSSR count). The van der Waals surface area contributed by atoms with Gasteiger partial charge in [-0.1, -0.05) is 160 Å². The Labute approximate surface area is 419 Å². The van der Waals surface area contributed by atoms with Crippen molar-refractivity contribution in [2.24, 2.45) is 0 Å². The van der Waals surface area contributed by atoms with E-state index in [4.69, 9.17) is 30.4 Å². The average molecular weight is 1220 g/mol. The Balaban J connectivity index is -0.000000684. The van der Waals surface area contributed by atoms with Crippen LogP contribution in [0.25, 0.3) is 0 Å². The summed E-state index contributed by atoms with van der Waals surface area (Å²) in [5.41, 5.74) is 9.25. The topological polar surface area (TPSA) is 74.1 Å². The molecule has 314 valence electrons. The fourth-order valence-electron chi connectivity index (χ4n) is 5.11. The zero-order chi connectivity index (χ0) is 40.2. The summed E-state index contributed by atoms with van der Waals surface area (Å²) >= 11 is 9.88. The minimum atomic E-state index is -0.0477. The molecule has 2 heterocycles. The number of benzene rings is 4. The van der Waals surface area contributed by atoms with Gasteiger partial charge in [-0.2, -0.15) is 18.9 Å². The number of nitrogens with zero attached hydrogens (tertiary/aromatic N) is 2. The number of pyridine rings is 2. The first-order chi connectivity index (χ1) is 25.8. The number of aryl methyl sites for hydroxylation is 2. The number of aliphatic hydroxyl groups excluding tert-OH is 1. The van der Waals surface area contributed by atoms with E-state index < -0.39 is 0 Å². The van der Waals surface area contributed by atoms with Gasteiger partial charge in [-0.3, -0.25) is 0 Å². The normalized spacial score (nSPS) is 9.38. The van der Waals surface area contributed by atoms with Crippen LogP contribution in [-0.2, 0) is 77.3 Å². The molecule has 0 aliphatic carbocycles. The van der Waals surface area contributed by atoms with Crippen molar-refractivity contribution < 1.29 is 111 Å². The molecular weight excluding hydrogens is 1160 g/mol. The van der Waals surface area contributed by atoms with Crippen molar-refractivity contribution in [3.63, 3.8) is 0 Å². The minimum Gasteiger partial charge on any atom is -1.00 e. The summed E-state index contributed by atoms with van der Waals surface area (Å²) in [6, 6.07) is 40.9. The number of halogens is 2. The fourth-order valence-corrected chi connectivity index (χ4v) is 5.53. The third-order valence-corrected chi connectivity index (χ3v) is 9.30. The van der Waals surface area contributed by atoms with E-state index in [-0.39, 0.29) is 98.4 Å². The SMILES string of the molecule is CO.Cc1c([O-])c([S-])cc[n+]1Cc1ccccc1.Cc1c([O-])c([S-])cc[n+]1Cc1ccccc1.Cc1ccc(C(C)C)cc1.Cc1ccc(C(C)C)cc1.[I-].[I-].[Ru+2].[Ru+2]. The van der Waals surface area contributed by atoms with E-state index in [0.717, 1.165) is 7.11 Å². The standard InChI is InChI=1S/2C13H13NOS.2C10H14.CH4O.2HI.2Ru/c2*1-10-13(15)12(16)7-8-14(10)9-11-5-3-2-4-6-11;2*1-8(2)10-6-4-9(3)5-7-10;1-2;;;;/h2*2-8,15H,9H2,1H3;2*4-8H,1-3H3;2H,1H3;2*1H;;/q;;;;;;;2*+2/p-4. The molecule has 6 aromatic rings. The van der Waals surface area contributed by atoms with Crippen LogP contribution in [0.3, 0.4) is 0 Å². The van der Waals surface area contributed by atoms with E-state index in [9.17, 15) is 10.2 Å². The molecule has 0 aliphatic heterocycles. The van der Waals surface area contributed by atoms with E-state index in [0.29, 0.717) is 46.1 Å². The maximum atomic E-state index is 11.7. The average Bonchev–Trinajstić information content (AvgIpc) is 3.18.